The highest BCUT2D eigenvalue weighted by Gasteiger charge is 2.45. The van der Waals surface area contributed by atoms with Gasteiger partial charge in [-0.25, -0.2) is 8.42 Å². The molecular weight excluding hydrogens is 340 g/mol. The quantitative estimate of drug-likeness (QED) is 0.824. The van der Waals surface area contributed by atoms with Crippen LogP contribution in [0.25, 0.3) is 0 Å². The number of halogens is 2. The fourth-order valence-corrected chi connectivity index (χ4v) is 4.29. The van der Waals surface area contributed by atoms with Crippen LogP contribution < -0.4 is 0 Å². The highest BCUT2D eigenvalue weighted by atomic mass is 79.9. The predicted octanol–water partition coefficient (Wildman–Crippen LogP) is 3.31. The van der Waals surface area contributed by atoms with Crippen LogP contribution in [0.2, 0.25) is 5.02 Å². The molecule has 6 heteroatoms. The minimum absolute atomic E-state index is 0.0380. The van der Waals surface area contributed by atoms with Crippen LogP contribution in [-0.4, -0.2) is 22.9 Å². The number of aliphatic hydroxyl groups is 1. The first kappa shape index (κ1) is 16.0. The lowest BCUT2D eigenvalue weighted by molar-refractivity contribution is 0.160. The van der Waals surface area contributed by atoms with Crippen molar-refractivity contribution in [3.05, 3.63) is 34.9 Å². The Kier molecular flexibility index (Phi) is 5.23. The molecule has 0 aromatic heterocycles. The third-order valence-electron chi connectivity index (χ3n) is 2.95. The maximum Gasteiger partial charge on any atom is 0.168 e. The lowest BCUT2D eigenvalue weighted by Crippen LogP contribution is -2.39. The third-order valence-corrected chi connectivity index (χ3v) is 7.97. The fraction of sp³-hybridized carbons (Fsp3) is 0.500. The first-order chi connectivity index (χ1) is 8.28. The van der Waals surface area contributed by atoms with Gasteiger partial charge in [0.1, 0.15) is 6.10 Å². The first-order valence-corrected chi connectivity index (χ1v) is 8.45. The smallest absolute Gasteiger partial charge is 0.168 e. The van der Waals surface area contributed by atoms with Crippen molar-refractivity contribution in [3.8, 4) is 0 Å². The normalized spacial score (nSPS) is 17.2. The molecule has 0 unspecified atom stereocenters. The van der Waals surface area contributed by atoms with Crippen LogP contribution in [0, 0.1) is 0 Å². The second-order valence-corrected chi connectivity index (χ2v) is 8.91. The first-order valence-electron chi connectivity index (χ1n) is 5.63. The van der Waals surface area contributed by atoms with Gasteiger partial charge < -0.3 is 5.11 Å². The summed E-state index contributed by atoms with van der Waals surface area (Å²) in [5.41, 5.74) is 0.484. The lowest BCUT2D eigenvalue weighted by Gasteiger charge is -2.31. The zero-order valence-corrected chi connectivity index (χ0v) is 13.4. The summed E-state index contributed by atoms with van der Waals surface area (Å²) >= 11 is 9.07. The number of hydrogen-bond acceptors (Lipinski definition) is 3. The molecule has 1 aromatic carbocycles. The second-order valence-electron chi connectivity index (χ2n) is 4.00. The molecule has 0 saturated carbocycles. The summed E-state index contributed by atoms with van der Waals surface area (Å²) in [5, 5.41) is 10.8. The van der Waals surface area contributed by atoms with E-state index in [4.69, 9.17) is 11.6 Å². The molecule has 1 N–H and O–H groups in total. The van der Waals surface area contributed by atoms with Crippen molar-refractivity contribution >= 4 is 37.4 Å². The van der Waals surface area contributed by atoms with Crippen molar-refractivity contribution in [2.24, 2.45) is 0 Å². The molecule has 0 saturated heterocycles. The van der Waals surface area contributed by atoms with Crippen LogP contribution in [0.1, 0.15) is 31.9 Å². The van der Waals surface area contributed by atoms with E-state index in [0.717, 1.165) is 0 Å². The molecule has 0 aliphatic rings. The molecule has 0 aliphatic heterocycles. The van der Waals surface area contributed by atoms with Crippen LogP contribution in [0.4, 0.5) is 0 Å². The van der Waals surface area contributed by atoms with E-state index in [9.17, 15) is 13.5 Å². The van der Waals surface area contributed by atoms with Gasteiger partial charge >= 0.3 is 0 Å². The Morgan fingerprint density at radius 1 is 1.44 bits per heavy atom. The lowest BCUT2D eigenvalue weighted by atomic mass is 10.1. The standard InChI is InChI=1S/C12H16BrClO3S/c1-3-12(13,18(16,17)4-2)11(15)9-6-5-7-10(14)8-9/h5-8,11,15H,3-4H2,1-2H3/t11-,12-/m1/s1. The van der Waals surface area contributed by atoms with Gasteiger partial charge in [-0.2, -0.15) is 0 Å². The van der Waals surface area contributed by atoms with E-state index in [0.29, 0.717) is 10.6 Å². The van der Waals surface area contributed by atoms with Gasteiger partial charge in [-0.05, 0) is 24.1 Å². The molecular formula is C12H16BrClO3S. The van der Waals surface area contributed by atoms with Crippen molar-refractivity contribution in [2.45, 2.75) is 30.0 Å². The largest absolute Gasteiger partial charge is 0.386 e. The zero-order valence-electron chi connectivity index (χ0n) is 10.2. The SMILES string of the molecule is CC[C@](Br)([C@H](O)c1cccc(Cl)c1)S(=O)(=O)CC. The molecule has 0 heterocycles. The van der Waals surface area contributed by atoms with Gasteiger partial charge in [0.15, 0.2) is 13.5 Å². The van der Waals surface area contributed by atoms with E-state index >= 15 is 0 Å². The van der Waals surface area contributed by atoms with E-state index in [1.165, 1.54) is 0 Å². The summed E-state index contributed by atoms with van der Waals surface area (Å²) in [5.74, 6) is -0.0380. The van der Waals surface area contributed by atoms with Crippen LogP contribution in [0.5, 0.6) is 0 Å². The minimum Gasteiger partial charge on any atom is -0.386 e. The summed E-state index contributed by atoms with van der Waals surface area (Å²) in [6, 6.07) is 6.59. The average Bonchev–Trinajstić information content (AvgIpc) is 2.36. The monoisotopic (exact) mass is 354 g/mol. The summed E-state index contributed by atoms with van der Waals surface area (Å²) in [7, 11) is -3.45. The number of benzene rings is 1. The maximum atomic E-state index is 12.1. The number of hydrogen-bond donors (Lipinski definition) is 1. The molecule has 0 bridgehead atoms. The topological polar surface area (TPSA) is 54.4 Å². The summed E-state index contributed by atoms with van der Waals surface area (Å²) < 4.78 is 22.8. The van der Waals surface area contributed by atoms with E-state index in [2.05, 4.69) is 15.9 Å². The Morgan fingerprint density at radius 2 is 2.06 bits per heavy atom. The molecule has 1 rings (SSSR count). The van der Waals surface area contributed by atoms with E-state index < -0.39 is 19.6 Å². The Bertz CT molecular complexity index is 518. The molecule has 3 nitrogen and oxygen atoms in total. The van der Waals surface area contributed by atoms with Crippen LogP contribution in [0.3, 0.4) is 0 Å². The van der Waals surface area contributed by atoms with Crippen molar-refractivity contribution in [2.75, 3.05) is 5.75 Å². The summed E-state index contributed by atoms with van der Waals surface area (Å²) in [6.07, 6.45) is -0.900. The molecule has 18 heavy (non-hydrogen) atoms. The number of sulfone groups is 1. The predicted molar refractivity (Wildman–Crippen MR) is 77.8 cm³/mol. The third kappa shape index (κ3) is 2.90. The van der Waals surface area contributed by atoms with Gasteiger partial charge in [-0.15, -0.1) is 0 Å². The summed E-state index contributed by atoms with van der Waals surface area (Å²) in [6.45, 7) is 3.28. The Labute approximate surface area is 121 Å². The fourth-order valence-electron chi connectivity index (χ4n) is 1.75. The number of aliphatic hydroxyl groups excluding tert-OH is 1. The Morgan fingerprint density at radius 3 is 2.50 bits per heavy atom. The highest BCUT2D eigenvalue weighted by Crippen LogP contribution is 2.42. The van der Waals surface area contributed by atoms with E-state index in [-0.39, 0.29) is 12.2 Å². The number of alkyl halides is 1. The van der Waals surface area contributed by atoms with Crippen molar-refractivity contribution < 1.29 is 13.5 Å². The molecule has 0 radical (unpaired) electrons. The van der Waals surface area contributed by atoms with Gasteiger partial charge in [0, 0.05) is 10.8 Å². The Hall–Kier alpha value is -0.100. The van der Waals surface area contributed by atoms with E-state index in [1.807, 2.05) is 0 Å². The van der Waals surface area contributed by atoms with Crippen LogP contribution in [-0.2, 0) is 9.84 Å². The molecule has 2 atom stereocenters. The van der Waals surface area contributed by atoms with Gasteiger partial charge in [0.2, 0.25) is 0 Å². The molecule has 0 amide bonds. The van der Waals surface area contributed by atoms with Crippen molar-refractivity contribution in [1.82, 2.24) is 0 Å². The maximum absolute atomic E-state index is 12.1. The highest BCUT2D eigenvalue weighted by molar-refractivity contribution is 9.11. The molecule has 102 valence electrons. The average molecular weight is 356 g/mol. The van der Waals surface area contributed by atoms with E-state index in [1.54, 1.807) is 38.1 Å². The van der Waals surface area contributed by atoms with Gasteiger partial charge in [-0.1, -0.05) is 53.5 Å². The van der Waals surface area contributed by atoms with Gasteiger partial charge in [-0.3, -0.25) is 0 Å². The molecule has 0 aliphatic carbocycles. The van der Waals surface area contributed by atoms with Crippen molar-refractivity contribution in [3.63, 3.8) is 0 Å². The van der Waals surface area contributed by atoms with Crippen molar-refractivity contribution in [1.29, 1.82) is 0 Å². The van der Waals surface area contributed by atoms with Crippen LogP contribution >= 0.6 is 27.5 Å². The molecule has 1 aromatic rings. The second kappa shape index (κ2) is 5.90. The number of rotatable bonds is 5. The van der Waals surface area contributed by atoms with Gasteiger partial charge in [0.05, 0.1) is 0 Å². The van der Waals surface area contributed by atoms with Gasteiger partial charge in [0.25, 0.3) is 0 Å². The minimum atomic E-state index is -3.45. The molecule has 0 spiro atoms. The zero-order chi connectivity index (χ0) is 14.0. The van der Waals surface area contributed by atoms with Crippen LogP contribution in [0.15, 0.2) is 24.3 Å². The summed E-state index contributed by atoms with van der Waals surface area (Å²) in [4.78, 5) is 0. The Balaban J connectivity index is 3.26. The molecule has 0 fully saturated rings.